The van der Waals surface area contributed by atoms with Crippen LogP contribution in [0.1, 0.15) is 5.56 Å². The summed E-state index contributed by atoms with van der Waals surface area (Å²) in [7, 11) is 0. The minimum Gasteiger partial charge on any atom is -0.309 e. The SMILES string of the molecule is FC(F)(F)c1ccc(-n2c(-c3ccc(-n4c5ccc(-n6c7ccccc7c7ccccc76)cc5c5cc(-n6c7ccccc7c7ccccc76)ccc54)cc3)nc3c4ccccc4c4ccccc4c32)cc1. The molecule has 0 radical (unpaired) electrons. The Hall–Kier alpha value is -9.40. The van der Waals surface area contributed by atoms with Gasteiger partial charge in [0.25, 0.3) is 0 Å². The van der Waals surface area contributed by atoms with Crippen LogP contribution in [0.25, 0.3) is 132 Å². The van der Waals surface area contributed by atoms with Gasteiger partial charge in [-0.3, -0.25) is 4.57 Å². The van der Waals surface area contributed by atoms with Gasteiger partial charge in [-0.1, -0.05) is 121 Å². The van der Waals surface area contributed by atoms with E-state index < -0.39 is 11.7 Å². The van der Waals surface area contributed by atoms with Crippen LogP contribution in [0.2, 0.25) is 0 Å². The van der Waals surface area contributed by atoms with Crippen molar-refractivity contribution in [3.8, 4) is 34.1 Å². The third-order valence-electron chi connectivity index (χ3n) is 14.8. The average Bonchev–Trinajstić information content (AvgIpc) is 4.18. The molecular formula is C64H38F3N5. The highest BCUT2D eigenvalue weighted by molar-refractivity contribution is 6.24. The number of halogens is 3. The van der Waals surface area contributed by atoms with E-state index in [2.05, 4.69) is 196 Å². The largest absolute Gasteiger partial charge is 0.416 e. The van der Waals surface area contributed by atoms with Crippen LogP contribution < -0.4 is 0 Å². The number of fused-ring (bicyclic) bond motifs is 15. The van der Waals surface area contributed by atoms with Crippen LogP contribution in [0.3, 0.4) is 0 Å². The van der Waals surface area contributed by atoms with Gasteiger partial charge in [0.05, 0.1) is 49.7 Å². The van der Waals surface area contributed by atoms with Gasteiger partial charge in [-0.05, 0) is 120 Å². The molecule has 0 amide bonds. The Kier molecular flexibility index (Phi) is 8.46. The van der Waals surface area contributed by atoms with Crippen molar-refractivity contribution in [1.82, 2.24) is 23.3 Å². The number of nitrogens with zero attached hydrogens (tertiary/aromatic N) is 5. The van der Waals surface area contributed by atoms with E-state index >= 15 is 0 Å². The molecule has 0 N–H and O–H groups in total. The van der Waals surface area contributed by atoms with Gasteiger partial charge in [0.15, 0.2) is 0 Å². The lowest BCUT2D eigenvalue weighted by Crippen LogP contribution is -2.05. The lowest BCUT2D eigenvalue weighted by molar-refractivity contribution is -0.137. The van der Waals surface area contributed by atoms with E-state index in [9.17, 15) is 13.2 Å². The van der Waals surface area contributed by atoms with Crippen molar-refractivity contribution in [2.75, 3.05) is 0 Å². The van der Waals surface area contributed by atoms with Gasteiger partial charge in [0.2, 0.25) is 0 Å². The summed E-state index contributed by atoms with van der Waals surface area (Å²) in [6.45, 7) is 0. The fourth-order valence-corrected chi connectivity index (χ4v) is 11.7. The molecule has 5 nitrogen and oxygen atoms in total. The van der Waals surface area contributed by atoms with E-state index in [0.29, 0.717) is 11.5 Å². The lowest BCUT2D eigenvalue weighted by Gasteiger charge is -2.14. The molecule has 0 aliphatic rings. The Bertz CT molecular complexity index is 4440. The molecule has 0 unspecified atom stereocenters. The summed E-state index contributed by atoms with van der Waals surface area (Å²) in [6.07, 6.45) is -4.47. The summed E-state index contributed by atoms with van der Waals surface area (Å²) >= 11 is 0. The number of benzene rings is 11. The lowest BCUT2D eigenvalue weighted by atomic mass is 10.00. The van der Waals surface area contributed by atoms with Crippen LogP contribution in [0, 0.1) is 0 Å². The van der Waals surface area contributed by atoms with E-state index in [-0.39, 0.29) is 0 Å². The smallest absolute Gasteiger partial charge is 0.309 e. The van der Waals surface area contributed by atoms with E-state index in [0.717, 1.165) is 111 Å². The maximum atomic E-state index is 14.0. The van der Waals surface area contributed by atoms with Crippen molar-refractivity contribution in [3.63, 3.8) is 0 Å². The molecule has 4 heterocycles. The van der Waals surface area contributed by atoms with Crippen molar-refractivity contribution in [1.29, 1.82) is 0 Å². The molecule has 8 heteroatoms. The average molecular weight is 934 g/mol. The highest BCUT2D eigenvalue weighted by atomic mass is 19.4. The molecule has 15 aromatic rings. The van der Waals surface area contributed by atoms with E-state index in [1.165, 1.54) is 21.5 Å². The Labute approximate surface area is 409 Å². The predicted octanol–water partition coefficient (Wildman–Crippen LogP) is 17.3. The van der Waals surface area contributed by atoms with Gasteiger partial charge >= 0.3 is 6.18 Å². The summed E-state index contributed by atoms with van der Waals surface area (Å²) in [4.78, 5) is 5.38. The molecule has 0 aliphatic carbocycles. The summed E-state index contributed by atoms with van der Waals surface area (Å²) in [6, 6.07) is 78.2. The van der Waals surface area contributed by atoms with Gasteiger partial charge in [0.1, 0.15) is 5.82 Å². The fourth-order valence-electron chi connectivity index (χ4n) is 11.7. The molecule has 15 rings (SSSR count). The maximum absolute atomic E-state index is 14.0. The predicted molar refractivity (Wildman–Crippen MR) is 290 cm³/mol. The molecule has 0 aliphatic heterocycles. The van der Waals surface area contributed by atoms with Crippen molar-refractivity contribution in [3.05, 3.63) is 236 Å². The fraction of sp³-hybridized carbons (Fsp3) is 0.0156. The molecule has 4 aromatic heterocycles. The van der Waals surface area contributed by atoms with E-state index in [1.54, 1.807) is 12.1 Å². The second-order valence-electron chi connectivity index (χ2n) is 18.6. The topological polar surface area (TPSA) is 32.6 Å². The van der Waals surface area contributed by atoms with Gasteiger partial charge in [-0.2, -0.15) is 13.2 Å². The standard InChI is InChI=1S/C64H38F3N5/c65-64(66,67)40-27-31-42(32-28-40)72-62-52-20-4-2-14-46(52)45-13-1-3-19-51(45)61(62)68-63(72)39-25-29-41(30-26-39)69-59-35-33-43(70-55-21-9-5-15-47(55)48-16-6-10-22-56(48)70)37-53(59)54-38-44(34-36-60(54)69)71-57-23-11-7-17-49(57)50-18-8-12-24-58(50)71/h1-38H. The Morgan fingerprint density at radius 2 is 0.639 bits per heavy atom. The molecule has 0 bridgehead atoms. The number of imidazole rings is 1. The number of aromatic nitrogens is 5. The van der Waals surface area contributed by atoms with Crippen LogP contribution in [0.4, 0.5) is 13.2 Å². The monoisotopic (exact) mass is 933 g/mol. The van der Waals surface area contributed by atoms with Crippen molar-refractivity contribution >= 4 is 98.0 Å². The molecular weight excluding hydrogens is 896 g/mol. The zero-order valence-corrected chi connectivity index (χ0v) is 38.3. The van der Waals surface area contributed by atoms with Crippen molar-refractivity contribution in [2.24, 2.45) is 0 Å². The normalized spacial score (nSPS) is 12.4. The van der Waals surface area contributed by atoms with Gasteiger partial charge in [-0.15, -0.1) is 0 Å². The third kappa shape index (κ3) is 5.80. The van der Waals surface area contributed by atoms with Crippen LogP contribution in [-0.2, 0) is 6.18 Å². The zero-order valence-electron chi connectivity index (χ0n) is 38.3. The third-order valence-corrected chi connectivity index (χ3v) is 14.8. The molecule has 0 saturated heterocycles. The van der Waals surface area contributed by atoms with Crippen molar-refractivity contribution < 1.29 is 13.2 Å². The zero-order chi connectivity index (χ0) is 47.8. The number of rotatable bonds is 5. The maximum Gasteiger partial charge on any atom is 0.416 e. The molecule has 0 spiro atoms. The summed E-state index contributed by atoms with van der Waals surface area (Å²) < 4.78 is 51.0. The molecule has 11 aromatic carbocycles. The van der Waals surface area contributed by atoms with Crippen LogP contribution in [-0.4, -0.2) is 23.3 Å². The molecule has 0 fully saturated rings. The van der Waals surface area contributed by atoms with E-state index in [4.69, 9.17) is 4.98 Å². The molecule has 72 heavy (non-hydrogen) atoms. The van der Waals surface area contributed by atoms with Gasteiger partial charge < -0.3 is 13.7 Å². The van der Waals surface area contributed by atoms with Crippen molar-refractivity contribution in [2.45, 2.75) is 6.18 Å². The number of hydrogen-bond donors (Lipinski definition) is 0. The number of hydrogen-bond acceptors (Lipinski definition) is 1. The number of para-hydroxylation sites is 4. The van der Waals surface area contributed by atoms with E-state index in [1.807, 2.05) is 28.8 Å². The summed E-state index contributed by atoms with van der Waals surface area (Å²) in [5.74, 6) is 0.631. The minimum atomic E-state index is -4.47. The quantitative estimate of drug-likeness (QED) is 0.158. The van der Waals surface area contributed by atoms with Gasteiger partial charge in [0, 0.05) is 71.4 Å². The van der Waals surface area contributed by atoms with Gasteiger partial charge in [-0.25, -0.2) is 4.98 Å². The second kappa shape index (κ2) is 15.1. The Morgan fingerprint density at radius 3 is 1.11 bits per heavy atom. The van der Waals surface area contributed by atoms with Crippen LogP contribution in [0.5, 0.6) is 0 Å². The Balaban J connectivity index is 0.959. The summed E-state index contributed by atoms with van der Waals surface area (Å²) in [5, 5.41) is 11.1. The second-order valence-corrected chi connectivity index (χ2v) is 18.6. The highest BCUT2D eigenvalue weighted by Gasteiger charge is 2.31. The first-order chi connectivity index (χ1) is 35.4. The summed E-state index contributed by atoms with van der Waals surface area (Å²) in [5.41, 5.74) is 12.1. The highest BCUT2D eigenvalue weighted by Crippen LogP contribution is 2.43. The first kappa shape index (κ1) is 40.5. The first-order valence-electron chi connectivity index (χ1n) is 24.0. The van der Waals surface area contributed by atoms with Crippen LogP contribution in [0.15, 0.2) is 231 Å². The van der Waals surface area contributed by atoms with Crippen LogP contribution >= 0.6 is 0 Å². The Morgan fingerprint density at radius 1 is 0.292 bits per heavy atom. The molecule has 340 valence electrons. The molecule has 0 atom stereocenters. The first-order valence-corrected chi connectivity index (χ1v) is 24.0. The molecule has 0 saturated carbocycles. The minimum absolute atomic E-state index is 0.588. The number of alkyl halides is 3.